The van der Waals surface area contributed by atoms with Gasteiger partial charge in [0.25, 0.3) is 0 Å². The largest absolute Gasteiger partial charge is 0.395 e. The number of anilines is 2. The van der Waals surface area contributed by atoms with Crippen molar-refractivity contribution in [3.8, 4) is 0 Å². The van der Waals surface area contributed by atoms with E-state index in [1.807, 2.05) is 32.0 Å². The van der Waals surface area contributed by atoms with Gasteiger partial charge >= 0.3 is 0 Å². The van der Waals surface area contributed by atoms with Crippen molar-refractivity contribution in [2.45, 2.75) is 38.1 Å². The van der Waals surface area contributed by atoms with Crippen molar-refractivity contribution in [2.75, 3.05) is 37.0 Å². The number of hydrogen-bond donors (Lipinski definition) is 2. The van der Waals surface area contributed by atoms with Crippen LogP contribution in [0.3, 0.4) is 0 Å². The molecule has 0 aromatic heterocycles. The topological polar surface area (TPSA) is 72.9 Å². The van der Waals surface area contributed by atoms with E-state index in [-0.39, 0.29) is 47.1 Å². The molecule has 0 bridgehead atoms. The molecule has 0 fully saturated rings. The lowest BCUT2D eigenvalue weighted by Crippen LogP contribution is -2.38. The van der Waals surface area contributed by atoms with E-state index in [1.165, 1.54) is 23.1 Å². The van der Waals surface area contributed by atoms with Gasteiger partial charge in [-0.15, -0.1) is 0 Å². The van der Waals surface area contributed by atoms with Gasteiger partial charge in [0.15, 0.2) is 0 Å². The lowest BCUT2D eigenvalue weighted by Gasteiger charge is -2.35. The Bertz CT molecular complexity index is 1170. The number of nitrogens with one attached hydrogen (secondary N) is 1. The molecule has 2 N–H and O–H groups in total. The molecule has 1 atom stereocenters. The first-order chi connectivity index (χ1) is 16.4. The van der Waals surface area contributed by atoms with Crippen LogP contribution in [-0.4, -0.2) is 48.6 Å². The van der Waals surface area contributed by atoms with Crippen LogP contribution in [0.5, 0.6) is 0 Å². The maximum Gasteiger partial charge on any atom is 0.245 e. The van der Waals surface area contributed by atoms with E-state index in [0.717, 1.165) is 5.56 Å². The monoisotopic (exact) mass is 521 g/mol. The first kappa shape index (κ1) is 27.0. The van der Waals surface area contributed by atoms with E-state index < -0.39 is 16.8 Å². The Kier molecular flexibility index (Phi) is 7.84. The van der Waals surface area contributed by atoms with Crippen molar-refractivity contribution in [1.29, 1.82) is 0 Å². The number of halogens is 3. The summed E-state index contributed by atoms with van der Waals surface area (Å²) >= 11 is 12.7. The zero-order chi connectivity index (χ0) is 26.1. The van der Waals surface area contributed by atoms with Crippen LogP contribution in [0.1, 0.15) is 38.3 Å². The molecular weight excluding hydrogens is 492 g/mol. The van der Waals surface area contributed by atoms with Gasteiger partial charge in [0.05, 0.1) is 33.3 Å². The molecule has 6 nitrogen and oxygen atoms in total. The van der Waals surface area contributed by atoms with Crippen LogP contribution in [0.4, 0.5) is 15.8 Å². The van der Waals surface area contributed by atoms with E-state index in [9.17, 15) is 14.7 Å². The SMILES string of the molecule is C=CC(=O)N(C)CC[C@@](C)(Nc1ccc2c(c1)N(CCO)C(=O)C2(C)C)c1c(F)ccc(Cl)c1Cl. The van der Waals surface area contributed by atoms with E-state index >= 15 is 4.39 Å². The summed E-state index contributed by atoms with van der Waals surface area (Å²) in [5.41, 5.74) is 0.505. The molecule has 0 aliphatic carbocycles. The highest BCUT2D eigenvalue weighted by molar-refractivity contribution is 6.42. The molecular formula is C26H30Cl2FN3O3. The van der Waals surface area contributed by atoms with E-state index in [1.54, 1.807) is 18.9 Å². The summed E-state index contributed by atoms with van der Waals surface area (Å²) in [6, 6.07) is 8.15. The third kappa shape index (κ3) is 5.03. The minimum atomic E-state index is -1.07. The summed E-state index contributed by atoms with van der Waals surface area (Å²) in [6.45, 7) is 9.25. The van der Waals surface area contributed by atoms with Crippen LogP contribution in [0.15, 0.2) is 43.0 Å². The van der Waals surface area contributed by atoms with Crippen molar-refractivity contribution in [2.24, 2.45) is 0 Å². The number of amides is 2. The zero-order valence-corrected chi connectivity index (χ0v) is 21.8. The fourth-order valence-corrected chi connectivity index (χ4v) is 5.02. The molecule has 0 unspecified atom stereocenters. The predicted molar refractivity (Wildman–Crippen MR) is 139 cm³/mol. The normalized spacial score (nSPS) is 16.0. The summed E-state index contributed by atoms with van der Waals surface area (Å²) in [5, 5.41) is 13.2. The smallest absolute Gasteiger partial charge is 0.245 e. The second-order valence-electron chi connectivity index (χ2n) is 9.43. The average molecular weight is 522 g/mol. The Morgan fingerprint density at radius 1 is 1.31 bits per heavy atom. The summed E-state index contributed by atoms with van der Waals surface area (Å²) in [6.07, 6.45) is 1.51. The Morgan fingerprint density at radius 3 is 2.63 bits per heavy atom. The highest BCUT2D eigenvalue weighted by Crippen LogP contribution is 2.44. The maximum absolute atomic E-state index is 15.2. The van der Waals surface area contributed by atoms with Gasteiger partial charge in [-0.3, -0.25) is 9.59 Å². The molecule has 9 heteroatoms. The molecule has 2 aromatic rings. The molecule has 0 saturated carbocycles. The zero-order valence-electron chi connectivity index (χ0n) is 20.3. The minimum Gasteiger partial charge on any atom is -0.395 e. The number of hydrogen-bond acceptors (Lipinski definition) is 4. The van der Waals surface area contributed by atoms with Gasteiger partial charge < -0.3 is 20.2 Å². The number of aliphatic hydroxyl groups is 1. The number of β-amino-alcohol motifs (C(OH)–C–C–N with tert-alkyl or cyclic N) is 1. The number of rotatable bonds is 9. The molecule has 0 spiro atoms. The summed E-state index contributed by atoms with van der Waals surface area (Å²) in [4.78, 5) is 28.0. The van der Waals surface area contributed by atoms with Crippen LogP contribution in [-0.2, 0) is 20.5 Å². The first-order valence-electron chi connectivity index (χ1n) is 11.2. The van der Waals surface area contributed by atoms with Crippen LogP contribution < -0.4 is 10.2 Å². The van der Waals surface area contributed by atoms with E-state index in [2.05, 4.69) is 11.9 Å². The van der Waals surface area contributed by atoms with Crippen molar-refractivity contribution in [3.63, 3.8) is 0 Å². The standard InChI is InChI=1S/C26H30Cl2FN3O3/c1-6-21(34)31(5)12-11-26(4,22-19(29)10-9-18(27)23(22)28)30-16-7-8-17-20(15-16)32(13-14-33)24(35)25(17,2)3/h6-10,15,30,33H,1,11-14H2,2-5H3/t26-/m1/s1. The average Bonchev–Trinajstić information content (AvgIpc) is 3.00. The second kappa shape index (κ2) is 10.2. The summed E-state index contributed by atoms with van der Waals surface area (Å²) < 4.78 is 15.2. The Hall–Kier alpha value is -2.61. The van der Waals surface area contributed by atoms with Crippen LogP contribution in [0.25, 0.3) is 0 Å². The number of carbonyl (C=O) groups excluding carboxylic acids is 2. The number of nitrogens with zero attached hydrogens (tertiary/aromatic N) is 2. The predicted octanol–water partition coefficient (Wildman–Crippen LogP) is 5.11. The van der Waals surface area contributed by atoms with E-state index in [4.69, 9.17) is 23.2 Å². The second-order valence-corrected chi connectivity index (χ2v) is 10.2. The molecule has 1 aliphatic rings. The summed E-state index contributed by atoms with van der Waals surface area (Å²) in [5.74, 6) is -0.899. The maximum atomic E-state index is 15.2. The third-order valence-corrected chi connectivity index (χ3v) is 7.38. The lowest BCUT2D eigenvalue weighted by molar-refractivity contribution is -0.125. The fraction of sp³-hybridized carbons (Fsp3) is 0.385. The molecule has 0 radical (unpaired) electrons. The lowest BCUT2D eigenvalue weighted by atomic mass is 9.85. The van der Waals surface area contributed by atoms with Crippen LogP contribution in [0.2, 0.25) is 10.0 Å². The van der Waals surface area contributed by atoms with Gasteiger partial charge in [-0.1, -0.05) is 35.8 Å². The number of likely N-dealkylation sites (N-methyl/N-ethyl adjacent to an activating group) is 1. The molecule has 1 heterocycles. The van der Waals surface area contributed by atoms with Crippen molar-refractivity contribution in [1.82, 2.24) is 4.90 Å². The molecule has 2 amide bonds. The minimum absolute atomic E-state index is 0.0822. The number of fused-ring (bicyclic) bond motifs is 1. The summed E-state index contributed by atoms with van der Waals surface area (Å²) in [7, 11) is 1.64. The molecule has 2 aromatic carbocycles. The number of benzene rings is 2. The first-order valence-corrected chi connectivity index (χ1v) is 12.0. The van der Waals surface area contributed by atoms with Crippen LogP contribution >= 0.6 is 23.2 Å². The molecule has 0 saturated heterocycles. The van der Waals surface area contributed by atoms with Gasteiger partial charge in [-0.2, -0.15) is 0 Å². The van der Waals surface area contributed by atoms with Gasteiger partial charge in [0.2, 0.25) is 11.8 Å². The van der Waals surface area contributed by atoms with Crippen molar-refractivity contribution in [3.05, 3.63) is 70.0 Å². The Morgan fingerprint density at radius 2 is 2.00 bits per heavy atom. The van der Waals surface area contributed by atoms with Gasteiger partial charge in [-0.25, -0.2) is 4.39 Å². The molecule has 188 valence electrons. The molecule has 3 rings (SSSR count). The van der Waals surface area contributed by atoms with Gasteiger partial charge in [0, 0.05) is 31.4 Å². The van der Waals surface area contributed by atoms with E-state index in [0.29, 0.717) is 17.8 Å². The molecule has 35 heavy (non-hydrogen) atoms. The third-order valence-electron chi connectivity index (χ3n) is 6.58. The van der Waals surface area contributed by atoms with Gasteiger partial charge in [0.1, 0.15) is 5.82 Å². The number of carbonyl (C=O) groups is 2. The highest BCUT2D eigenvalue weighted by atomic mass is 35.5. The molecule has 1 aliphatic heterocycles. The Balaban J connectivity index is 2.07. The Labute approximate surface area is 215 Å². The number of aliphatic hydroxyl groups excluding tert-OH is 1. The quantitative estimate of drug-likeness (QED) is 0.355. The van der Waals surface area contributed by atoms with Crippen molar-refractivity contribution >= 4 is 46.4 Å². The van der Waals surface area contributed by atoms with Gasteiger partial charge in [-0.05, 0) is 63.1 Å². The van der Waals surface area contributed by atoms with Crippen molar-refractivity contribution < 1.29 is 19.1 Å². The highest BCUT2D eigenvalue weighted by Gasteiger charge is 2.44. The fourth-order valence-electron chi connectivity index (χ4n) is 4.50. The van der Waals surface area contributed by atoms with Crippen LogP contribution in [0, 0.1) is 5.82 Å².